The Morgan fingerprint density at radius 3 is 2.92 bits per heavy atom. The second-order valence-corrected chi connectivity index (χ2v) is 6.28. The SMILES string of the molecule is CC1=CC=C2C=CSC2S1(=O)=O. The van der Waals surface area contributed by atoms with Crippen LogP contribution in [0.25, 0.3) is 0 Å². The van der Waals surface area contributed by atoms with E-state index >= 15 is 0 Å². The molecule has 12 heavy (non-hydrogen) atoms. The first-order valence-electron chi connectivity index (χ1n) is 3.57. The molecule has 0 saturated carbocycles. The molecule has 0 fully saturated rings. The van der Waals surface area contributed by atoms with Gasteiger partial charge in [0.15, 0.2) is 9.84 Å². The predicted molar refractivity (Wildman–Crippen MR) is 51.3 cm³/mol. The van der Waals surface area contributed by atoms with E-state index < -0.39 is 9.84 Å². The summed E-state index contributed by atoms with van der Waals surface area (Å²) in [5, 5.41) is 1.83. The van der Waals surface area contributed by atoms with Gasteiger partial charge in [0, 0.05) is 4.91 Å². The minimum Gasteiger partial charge on any atom is -0.223 e. The minimum atomic E-state index is -3.05. The molecule has 64 valence electrons. The molecule has 0 saturated heterocycles. The summed E-state index contributed by atoms with van der Waals surface area (Å²) in [6.45, 7) is 1.64. The molecule has 2 aliphatic heterocycles. The maximum absolute atomic E-state index is 11.6. The van der Waals surface area contributed by atoms with Crippen LogP contribution in [0.5, 0.6) is 0 Å². The molecule has 0 aromatic rings. The van der Waals surface area contributed by atoms with Gasteiger partial charge in [-0.2, -0.15) is 0 Å². The molecule has 2 rings (SSSR count). The van der Waals surface area contributed by atoms with Crippen molar-refractivity contribution in [3.8, 4) is 0 Å². The van der Waals surface area contributed by atoms with Crippen LogP contribution in [0.4, 0.5) is 0 Å². The van der Waals surface area contributed by atoms with Crippen molar-refractivity contribution in [1.29, 1.82) is 0 Å². The highest BCUT2D eigenvalue weighted by Gasteiger charge is 2.34. The molecule has 0 aliphatic carbocycles. The van der Waals surface area contributed by atoms with Crippen LogP contribution in [0.1, 0.15) is 6.92 Å². The lowest BCUT2D eigenvalue weighted by Crippen LogP contribution is -2.20. The van der Waals surface area contributed by atoms with E-state index in [-0.39, 0.29) is 4.58 Å². The maximum atomic E-state index is 11.6. The fourth-order valence-corrected chi connectivity index (χ4v) is 4.25. The molecule has 4 heteroatoms. The Balaban J connectivity index is 2.58. The van der Waals surface area contributed by atoms with Gasteiger partial charge in [0.2, 0.25) is 0 Å². The van der Waals surface area contributed by atoms with Crippen LogP contribution in [0, 0.1) is 0 Å². The summed E-state index contributed by atoms with van der Waals surface area (Å²) in [4.78, 5) is 0.465. The van der Waals surface area contributed by atoms with Crippen LogP contribution in [-0.4, -0.2) is 13.0 Å². The Hall–Kier alpha value is -0.480. The number of hydrogen-bond acceptors (Lipinski definition) is 3. The van der Waals surface area contributed by atoms with Crippen molar-refractivity contribution < 1.29 is 8.42 Å². The monoisotopic (exact) mass is 200 g/mol. The molecule has 2 heterocycles. The van der Waals surface area contributed by atoms with Crippen molar-refractivity contribution >= 4 is 21.6 Å². The number of rotatable bonds is 0. The molecule has 0 amide bonds. The summed E-state index contributed by atoms with van der Waals surface area (Å²) in [6.07, 6.45) is 5.39. The molecule has 0 aromatic carbocycles. The van der Waals surface area contributed by atoms with E-state index in [1.54, 1.807) is 13.0 Å². The van der Waals surface area contributed by atoms with Gasteiger partial charge in [-0.3, -0.25) is 0 Å². The number of thioether (sulfide) groups is 1. The highest BCUT2D eigenvalue weighted by atomic mass is 32.3. The highest BCUT2D eigenvalue weighted by Crippen LogP contribution is 2.38. The third-order valence-electron chi connectivity index (χ3n) is 1.98. The number of fused-ring (bicyclic) bond motifs is 1. The maximum Gasteiger partial charge on any atom is 0.190 e. The molecule has 1 atom stereocenters. The molecule has 0 spiro atoms. The van der Waals surface area contributed by atoms with E-state index in [9.17, 15) is 8.42 Å². The van der Waals surface area contributed by atoms with Gasteiger partial charge in [0.25, 0.3) is 0 Å². The normalized spacial score (nSPS) is 30.9. The van der Waals surface area contributed by atoms with Gasteiger partial charge in [0.05, 0.1) is 0 Å². The predicted octanol–water partition coefficient (Wildman–Crippen LogP) is 1.83. The zero-order valence-electron chi connectivity index (χ0n) is 6.52. The van der Waals surface area contributed by atoms with Crippen molar-refractivity contribution in [3.05, 3.63) is 34.1 Å². The van der Waals surface area contributed by atoms with Gasteiger partial charge in [-0.1, -0.05) is 12.2 Å². The summed E-state index contributed by atoms with van der Waals surface area (Å²) in [6, 6.07) is 0. The molecule has 2 nitrogen and oxygen atoms in total. The quantitative estimate of drug-likeness (QED) is 0.598. The molecule has 0 aromatic heterocycles. The Morgan fingerprint density at radius 2 is 2.17 bits per heavy atom. The molecular formula is C8H8O2S2. The van der Waals surface area contributed by atoms with E-state index in [2.05, 4.69) is 0 Å². The third-order valence-corrected chi connectivity index (χ3v) is 5.75. The molecule has 2 aliphatic rings. The van der Waals surface area contributed by atoms with E-state index in [1.165, 1.54) is 11.8 Å². The number of hydrogen-bond donors (Lipinski definition) is 0. The van der Waals surface area contributed by atoms with Gasteiger partial charge < -0.3 is 0 Å². The van der Waals surface area contributed by atoms with Crippen molar-refractivity contribution in [2.24, 2.45) is 0 Å². The Labute approximate surface area is 76.0 Å². The first-order valence-corrected chi connectivity index (χ1v) is 6.06. The van der Waals surface area contributed by atoms with E-state index in [1.807, 2.05) is 17.6 Å². The third kappa shape index (κ3) is 0.983. The first-order chi connectivity index (χ1) is 5.62. The Bertz CT molecular complexity index is 399. The summed E-state index contributed by atoms with van der Waals surface area (Å²) < 4.78 is 22.9. The number of sulfone groups is 1. The lowest BCUT2D eigenvalue weighted by Gasteiger charge is -2.16. The van der Waals surface area contributed by atoms with E-state index in [0.29, 0.717) is 4.91 Å². The van der Waals surface area contributed by atoms with Crippen LogP contribution in [0.15, 0.2) is 34.1 Å². The van der Waals surface area contributed by atoms with Crippen molar-refractivity contribution in [1.82, 2.24) is 0 Å². The van der Waals surface area contributed by atoms with Crippen molar-refractivity contribution in [2.45, 2.75) is 11.5 Å². The topological polar surface area (TPSA) is 34.1 Å². The molecule has 0 N–H and O–H groups in total. The molecule has 1 unspecified atom stereocenters. The smallest absolute Gasteiger partial charge is 0.190 e. The van der Waals surface area contributed by atoms with Crippen LogP contribution >= 0.6 is 11.8 Å². The average Bonchev–Trinajstić information content (AvgIpc) is 2.46. The summed E-state index contributed by atoms with van der Waals surface area (Å²) >= 11 is 1.36. The molecule has 0 radical (unpaired) electrons. The van der Waals surface area contributed by atoms with Gasteiger partial charge in [-0.05, 0) is 24.0 Å². The molecule has 0 bridgehead atoms. The van der Waals surface area contributed by atoms with Gasteiger partial charge in [-0.25, -0.2) is 8.42 Å². The van der Waals surface area contributed by atoms with E-state index in [0.717, 1.165) is 5.57 Å². The lowest BCUT2D eigenvalue weighted by atomic mass is 10.2. The fourth-order valence-electron chi connectivity index (χ4n) is 1.21. The lowest BCUT2D eigenvalue weighted by molar-refractivity contribution is 0.602. The van der Waals surface area contributed by atoms with Crippen molar-refractivity contribution in [2.75, 3.05) is 0 Å². The minimum absolute atomic E-state index is 0.373. The first kappa shape index (κ1) is 8.13. The van der Waals surface area contributed by atoms with Gasteiger partial charge in [-0.15, -0.1) is 11.8 Å². The van der Waals surface area contributed by atoms with Gasteiger partial charge in [0.1, 0.15) is 4.58 Å². The Kier molecular flexibility index (Phi) is 1.70. The zero-order chi connectivity index (χ0) is 8.77. The largest absolute Gasteiger partial charge is 0.223 e. The zero-order valence-corrected chi connectivity index (χ0v) is 8.15. The average molecular weight is 200 g/mol. The standard InChI is InChI=1S/C8H8O2S2/c1-6-2-3-7-4-5-11-8(7)12(6,9)10/h2-5,8H,1H3. The molecular weight excluding hydrogens is 192 g/mol. The Morgan fingerprint density at radius 1 is 1.42 bits per heavy atom. The van der Waals surface area contributed by atoms with Crippen LogP contribution in [-0.2, 0) is 9.84 Å². The highest BCUT2D eigenvalue weighted by molar-refractivity contribution is 8.17. The summed E-state index contributed by atoms with van der Waals surface area (Å²) in [5.41, 5.74) is 0.894. The fraction of sp³-hybridized carbons (Fsp3) is 0.250. The van der Waals surface area contributed by atoms with Crippen LogP contribution < -0.4 is 0 Å². The second kappa shape index (κ2) is 2.50. The van der Waals surface area contributed by atoms with E-state index in [4.69, 9.17) is 0 Å². The van der Waals surface area contributed by atoms with Gasteiger partial charge >= 0.3 is 0 Å². The van der Waals surface area contributed by atoms with Crippen LogP contribution in [0.2, 0.25) is 0 Å². The summed E-state index contributed by atoms with van der Waals surface area (Å²) in [7, 11) is -3.05. The van der Waals surface area contributed by atoms with Crippen LogP contribution in [0.3, 0.4) is 0 Å². The number of allylic oxidation sites excluding steroid dienone is 4. The van der Waals surface area contributed by atoms with Crippen molar-refractivity contribution in [3.63, 3.8) is 0 Å². The summed E-state index contributed by atoms with van der Waals surface area (Å²) in [5.74, 6) is 0. The second-order valence-electron chi connectivity index (χ2n) is 2.76.